The first-order valence-electron chi connectivity index (χ1n) is 6.45. The first-order valence-corrected chi connectivity index (χ1v) is 6.45. The van der Waals surface area contributed by atoms with E-state index in [-0.39, 0.29) is 29.8 Å². The van der Waals surface area contributed by atoms with Crippen molar-refractivity contribution in [2.24, 2.45) is 11.7 Å². The van der Waals surface area contributed by atoms with E-state index in [0.717, 1.165) is 31.0 Å². The molecular formula is C13H17ClFN3O3. The molecule has 1 saturated heterocycles. The van der Waals surface area contributed by atoms with E-state index in [0.29, 0.717) is 19.6 Å². The van der Waals surface area contributed by atoms with Crippen LogP contribution in [-0.2, 0) is 0 Å². The first-order chi connectivity index (χ1) is 9.51. The molecule has 0 aliphatic carbocycles. The lowest BCUT2D eigenvalue weighted by molar-refractivity contribution is -0.385. The van der Waals surface area contributed by atoms with Gasteiger partial charge in [-0.1, -0.05) is 0 Å². The number of likely N-dealkylation sites (tertiary alicyclic amines) is 1. The molecular weight excluding hydrogens is 301 g/mol. The molecule has 1 heterocycles. The Kier molecular flexibility index (Phi) is 6.04. The molecule has 1 aromatic carbocycles. The van der Waals surface area contributed by atoms with Gasteiger partial charge in [0.25, 0.3) is 11.6 Å². The van der Waals surface area contributed by atoms with Crippen molar-refractivity contribution in [3.63, 3.8) is 0 Å². The number of nitro benzene ring substituents is 1. The van der Waals surface area contributed by atoms with Gasteiger partial charge in [-0.2, -0.15) is 0 Å². The Morgan fingerprint density at radius 1 is 1.48 bits per heavy atom. The van der Waals surface area contributed by atoms with Gasteiger partial charge in [-0.05, 0) is 31.4 Å². The summed E-state index contributed by atoms with van der Waals surface area (Å²) in [7, 11) is 0. The standard InChI is InChI=1S/C13H16FN3O3.ClH/c14-11-4-10(5-12(6-11)17(19)20)13(18)16-3-1-2-9(7-15)8-16;/h4-6,9H,1-3,7-8,15H2;1H. The highest BCUT2D eigenvalue weighted by Gasteiger charge is 2.25. The Bertz CT molecular complexity index is 541. The van der Waals surface area contributed by atoms with Crippen LogP contribution >= 0.6 is 12.4 Å². The molecule has 1 fully saturated rings. The number of carbonyl (C=O) groups is 1. The van der Waals surface area contributed by atoms with Crippen LogP contribution in [0.2, 0.25) is 0 Å². The van der Waals surface area contributed by atoms with E-state index in [9.17, 15) is 19.3 Å². The van der Waals surface area contributed by atoms with Crippen molar-refractivity contribution in [1.29, 1.82) is 0 Å². The minimum absolute atomic E-state index is 0. The van der Waals surface area contributed by atoms with Crippen molar-refractivity contribution in [2.75, 3.05) is 19.6 Å². The highest BCUT2D eigenvalue weighted by molar-refractivity contribution is 5.95. The Labute approximate surface area is 127 Å². The number of piperidine rings is 1. The molecule has 0 spiro atoms. The molecule has 6 nitrogen and oxygen atoms in total. The van der Waals surface area contributed by atoms with E-state index in [4.69, 9.17) is 5.73 Å². The van der Waals surface area contributed by atoms with Gasteiger partial charge in [-0.25, -0.2) is 4.39 Å². The van der Waals surface area contributed by atoms with E-state index in [1.807, 2.05) is 0 Å². The van der Waals surface area contributed by atoms with E-state index in [2.05, 4.69) is 0 Å². The lowest BCUT2D eigenvalue weighted by Crippen LogP contribution is -2.42. The van der Waals surface area contributed by atoms with Gasteiger partial charge in [-0.15, -0.1) is 12.4 Å². The number of carbonyl (C=O) groups excluding carboxylic acids is 1. The minimum Gasteiger partial charge on any atom is -0.338 e. The molecule has 1 aliphatic rings. The molecule has 0 radical (unpaired) electrons. The molecule has 1 amide bonds. The summed E-state index contributed by atoms with van der Waals surface area (Å²) in [6.07, 6.45) is 1.80. The third-order valence-electron chi connectivity index (χ3n) is 3.48. The monoisotopic (exact) mass is 317 g/mol. The van der Waals surface area contributed by atoms with Crippen molar-refractivity contribution in [3.8, 4) is 0 Å². The number of halogens is 2. The zero-order valence-corrected chi connectivity index (χ0v) is 12.1. The predicted molar refractivity (Wildman–Crippen MR) is 78.0 cm³/mol. The fourth-order valence-electron chi connectivity index (χ4n) is 2.43. The lowest BCUT2D eigenvalue weighted by Gasteiger charge is -2.32. The molecule has 2 N–H and O–H groups in total. The normalized spacial score (nSPS) is 18.0. The van der Waals surface area contributed by atoms with Crippen LogP contribution in [0.4, 0.5) is 10.1 Å². The smallest absolute Gasteiger partial charge is 0.273 e. The van der Waals surface area contributed by atoms with Gasteiger partial charge in [0, 0.05) is 24.7 Å². The van der Waals surface area contributed by atoms with Crippen LogP contribution in [0.25, 0.3) is 0 Å². The maximum Gasteiger partial charge on any atom is 0.273 e. The number of nitrogens with zero attached hydrogens (tertiary/aromatic N) is 2. The third kappa shape index (κ3) is 4.12. The topological polar surface area (TPSA) is 89.5 Å². The Morgan fingerprint density at radius 2 is 2.19 bits per heavy atom. The van der Waals surface area contributed by atoms with Gasteiger partial charge in [-0.3, -0.25) is 14.9 Å². The zero-order chi connectivity index (χ0) is 14.7. The number of non-ortho nitro benzene ring substituents is 1. The van der Waals surface area contributed by atoms with Crippen LogP contribution in [0.1, 0.15) is 23.2 Å². The fourth-order valence-corrected chi connectivity index (χ4v) is 2.43. The van der Waals surface area contributed by atoms with E-state index < -0.39 is 16.4 Å². The summed E-state index contributed by atoms with van der Waals surface area (Å²) in [6, 6.07) is 2.94. The molecule has 2 rings (SSSR count). The molecule has 0 aromatic heterocycles. The Hall–Kier alpha value is -1.73. The van der Waals surface area contributed by atoms with Gasteiger partial charge >= 0.3 is 0 Å². The molecule has 1 aliphatic heterocycles. The number of nitro groups is 1. The summed E-state index contributed by atoms with van der Waals surface area (Å²) in [6.45, 7) is 1.58. The lowest BCUT2D eigenvalue weighted by atomic mass is 9.97. The Balaban J connectivity index is 0.00000220. The van der Waals surface area contributed by atoms with Crippen LogP contribution in [0, 0.1) is 21.8 Å². The second kappa shape index (κ2) is 7.33. The van der Waals surface area contributed by atoms with E-state index in [1.54, 1.807) is 4.90 Å². The highest BCUT2D eigenvalue weighted by atomic mass is 35.5. The number of hydrogen-bond donors (Lipinski definition) is 1. The van der Waals surface area contributed by atoms with Gasteiger partial charge in [0.05, 0.1) is 11.0 Å². The van der Waals surface area contributed by atoms with Crippen LogP contribution < -0.4 is 5.73 Å². The van der Waals surface area contributed by atoms with Crippen molar-refractivity contribution in [2.45, 2.75) is 12.8 Å². The molecule has 116 valence electrons. The maximum absolute atomic E-state index is 13.4. The number of benzene rings is 1. The van der Waals surface area contributed by atoms with Crippen LogP contribution in [0.5, 0.6) is 0 Å². The van der Waals surface area contributed by atoms with Crippen molar-refractivity contribution in [3.05, 3.63) is 39.7 Å². The SMILES string of the molecule is Cl.NCC1CCCN(C(=O)c2cc(F)cc([N+](=O)[O-])c2)C1. The Morgan fingerprint density at radius 3 is 2.81 bits per heavy atom. The average molecular weight is 318 g/mol. The summed E-state index contributed by atoms with van der Waals surface area (Å²) in [4.78, 5) is 23.9. The summed E-state index contributed by atoms with van der Waals surface area (Å²) < 4.78 is 13.4. The van der Waals surface area contributed by atoms with Gasteiger partial charge in [0.2, 0.25) is 0 Å². The zero-order valence-electron chi connectivity index (χ0n) is 11.3. The molecule has 0 bridgehead atoms. The fraction of sp³-hybridized carbons (Fsp3) is 0.462. The van der Waals surface area contributed by atoms with Crippen molar-refractivity contribution < 1.29 is 14.1 Å². The third-order valence-corrected chi connectivity index (χ3v) is 3.48. The van der Waals surface area contributed by atoms with Gasteiger partial charge < -0.3 is 10.6 Å². The summed E-state index contributed by atoms with van der Waals surface area (Å²) >= 11 is 0. The first kappa shape index (κ1) is 17.3. The average Bonchev–Trinajstić information content (AvgIpc) is 2.45. The van der Waals surface area contributed by atoms with Crippen LogP contribution in [-0.4, -0.2) is 35.4 Å². The molecule has 21 heavy (non-hydrogen) atoms. The second-order valence-corrected chi connectivity index (χ2v) is 4.95. The van der Waals surface area contributed by atoms with Crippen LogP contribution in [0.15, 0.2) is 18.2 Å². The number of rotatable bonds is 3. The summed E-state index contributed by atoms with van der Waals surface area (Å²) in [5, 5.41) is 10.7. The molecule has 8 heteroatoms. The molecule has 1 unspecified atom stereocenters. The maximum atomic E-state index is 13.4. The summed E-state index contributed by atoms with van der Waals surface area (Å²) in [5.74, 6) is -0.933. The van der Waals surface area contributed by atoms with E-state index in [1.165, 1.54) is 0 Å². The van der Waals surface area contributed by atoms with Crippen molar-refractivity contribution >= 4 is 24.0 Å². The van der Waals surface area contributed by atoms with Crippen molar-refractivity contribution in [1.82, 2.24) is 4.90 Å². The number of hydrogen-bond acceptors (Lipinski definition) is 4. The van der Waals surface area contributed by atoms with E-state index >= 15 is 0 Å². The van der Waals surface area contributed by atoms with Crippen LogP contribution in [0.3, 0.4) is 0 Å². The number of amides is 1. The molecule has 1 aromatic rings. The minimum atomic E-state index is -0.782. The second-order valence-electron chi connectivity index (χ2n) is 4.95. The number of nitrogens with two attached hydrogens (primary N) is 1. The van der Waals surface area contributed by atoms with Gasteiger partial charge in [0.15, 0.2) is 0 Å². The highest BCUT2D eigenvalue weighted by Crippen LogP contribution is 2.21. The largest absolute Gasteiger partial charge is 0.338 e. The predicted octanol–water partition coefficient (Wildman–Crippen LogP) is 1.97. The van der Waals surface area contributed by atoms with Gasteiger partial charge in [0.1, 0.15) is 5.82 Å². The quantitative estimate of drug-likeness (QED) is 0.681. The summed E-state index contributed by atoms with van der Waals surface area (Å²) in [5.41, 5.74) is 5.20. The molecule has 1 atom stereocenters. The molecule has 0 saturated carbocycles.